The highest BCUT2D eigenvalue weighted by Crippen LogP contribution is 2.22. The third-order valence-corrected chi connectivity index (χ3v) is 2.97. The van der Waals surface area contributed by atoms with Crippen LogP contribution in [0.2, 0.25) is 5.02 Å². The van der Waals surface area contributed by atoms with Crippen LogP contribution in [-0.2, 0) is 0 Å². The summed E-state index contributed by atoms with van der Waals surface area (Å²) in [6, 6.07) is 8.05. The molecule has 0 aliphatic rings. The molecule has 3 heteroatoms. The van der Waals surface area contributed by atoms with Gasteiger partial charge in [0.2, 0.25) is 0 Å². The first-order valence-electron chi connectivity index (χ1n) is 5.72. The molecule has 2 nitrogen and oxygen atoms in total. The largest absolute Gasteiger partial charge is 0.491 e. The maximum Gasteiger partial charge on any atom is 0.137 e. The summed E-state index contributed by atoms with van der Waals surface area (Å²) < 4.78 is 5.57. The molecule has 0 spiro atoms. The predicted molar refractivity (Wildman–Crippen MR) is 69.2 cm³/mol. The summed E-state index contributed by atoms with van der Waals surface area (Å²) in [5, 5.41) is 4.07. The molecule has 1 N–H and O–H groups in total. The Balaban J connectivity index is 2.24. The molecule has 0 radical (unpaired) electrons. The Hall–Kier alpha value is -0.730. The van der Waals surface area contributed by atoms with Gasteiger partial charge < -0.3 is 10.1 Å². The lowest BCUT2D eigenvalue weighted by atomic mass is 10.1. The molecule has 16 heavy (non-hydrogen) atoms. The van der Waals surface area contributed by atoms with Crippen LogP contribution in [0.25, 0.3) is 0 Å². The van der Waals surface area contributed by atoms with E-state index in [0.717, 1.165) is 12.3 Å². The van der Waals surface area contributed by atoms with E-state index >= 15 is 0 Å². The second kappa shape index (κ2) is 6.77. The van der Waals surface area contributed by atoms with Crippen molar-refractivity contribution in [2.75, 3.05) is 13.2 Å². The lowest BCUT2D eigenvalue weighted by molar-refractivity contribution is 0.297. The normalized spacial score (nSPS) is 12.8. The summed E-state index contributed by atoms with van der Waals surface area (Å²) in [4.78, 5) is 0. The van der Waals surface area contributed by atoms with Crippen LogP contribution in [-0.4, -0.2) is 19.2 Å². The number of hydrogen-bond acceptors (Lipinski definition) is 2. The second-order valence-electron chi connectivity index (χ2n) is 4.27. The molecule has 90 valence electrons. The average Bonchev–Trinajstić information content (AvgIpc) is 2.26. The third-order valence-electron chi connectivity index (χ3n) is 2.66. The second-order valence-corrected chi connectivity index (χ2v) is 4.67. The summed E-state index contributed by atoms with van der Waals surface area (Å²) >= 11 is 5.97. The lowest BCUT2D eigenvalue weighted by Gasteiger charge is -2.17. The molecule has 1 aromatic carbocycles. The van der Waals surface area contributed by atoms with E-state index in [4.69, 9.17) is 16.3 Å². The molecule has 0 heterocycles. The van der Waals surface area contributed by atoms with E-state index in [9.17, 15) is 0 Å². The van der Waals surface area contributed by atoms with Gasteiger partial charge in [0.25, 0.3) is 0 Å². The van der Waals surface area contributed by atoms with Gasteiger partial charge in [-0.2, -0.15) is 0 Å². The van der Waals surface area contributed by atoms with Crippen molar-refractivity contribution >= 4 is 11.6 Å². The fraction of sp³-hybridized carbons (Fsp3) is 0.538. The topological polar surface area (TPSA) is 21.3 Å². The van der Waals surface area contributed by atoms with Gasteiger partial charge in [-0.25, -0.2) is 0 Å². The fourth-order valence-corrected chi connectivity index (χ4v) is 1.44. The Bertz CT molecular complexity index is 315. The minimum atomic E-state index is 0.509. The molecule has 1 aromatic rings. The van der Waals surface area contributed by atoms with Gasteiger partial charge in [0.1, 0.15) is 12.4 Å². The number of halogens is 1. The fourth-order valence-electron chi connectivity index (χ4n) is 1.25. The van der Waals surface area contributed by atoms with Crippen LogP contribution in [0, 0.1) is 5.92 Å². The van der Waals surface area contributed by atoms with E-state index in [1.54, 1.807) is 0 Å². The number of ether oxygens (including phenoxy) is 1. The Morgan fingerprint density at radius 3 is 2.56 bits per heavy atom. The van der Waals surface area contributed by atoms with Crippen LogP contribution in [0.15, 0.2) is 24.3 Å². The molecule has 0 aliphatic heterocycles. The Morgan fingerprint density at radius 1 is 1.25 bits per heavy atom. The van der Waals surface area contributed by atoms with Crippen molar-refractivity contribution in [2.24, 2.45) is 5.92 Å². The first kappa shape index (κ1) is 13.3. The van der Waals surface area contributed by atoms with Crippen LogP contribution in [0.5, 0.6) is 5.75 Å². The highest BCUT2D eigenvalue weighted by molar-refractivity contribution is 6.32. The van der Waals surface area contributed by atoms with Gasteiger partial charge in [-0.1, -0.05) is 37.6 Å². The van der Waals surface area contributed by atoms with Crippen molar-refractivity contribution in [3.8, 4) is 5.75 Å². The summed E-state index contributed by atoms with van der Waals surface area (Å²) in [6.45, 7) is 8.06. The van der Waals surface area contributed by atoms with Crippen molar-refractivity contribution in [3.63, 3.8) is 0 Å². The molecule has 0 saturated heterocycles. The molecular weight excluding hydrogens is 222 g/mol. The maximum atomic E-state index is 5.97. The molecule has 1 atom stereocenters. The molecule has 0 aliphatic carbocycles. The van der Waals surface area contributed by atoms with Crippen molar-refractivity contribution in [1.29, 1.82) is 0 Å². The number of rotatable bonds is 6. The molecular formula is C13H20ClNO. The van der Waals surface area contributed by atoms with Crippen molar-refractivity contribution < 1.29 is 4.74 Å². The highest BCUT2D eigenvalue weighted by Gasteiger charge is 2.05. The van der Waals surface area contributed by atoms with E-state index in [1.165, 1.54) is 0 Å². The van der Waals surface area contributed by atoms with Gasteiger partial charge in [-0.05, 0) is 25.0 Å². The summed E-state index contributed by atoms with van der Waals surface area (Å²) in [7, 11) is 0. The van der Waals surface area contributed by atoms with Crippen molar-refractivity contribution in [1.82, 2.24) is 5.32 Å². The van der Waals surface area contributed by atoms with Gasteiger partial charge in [-0.15, -0.1) is 0 Å². The molecule has 1 unspecified atom stereocenters. The standard InChI is InChI=1S/C13H20ClNO/c1-10(2)11(3)15-8-9-16-13-7-5-4-6-12(13)14/h4-7,10-11,15H,8-9H2,1-3H3. The van der Waals surface area contributed by atoms with E-state index in [1.807, 2.05) is 24.3 Å². The molecule has 0 saturated carbocycles. The number of benzene rings is 1. The molecule has 0 amide bonds. The SMILES string of the molecule is CC(C)C(C)NCCOc1ccccc1Cl. The summed E-state index contributed by atoms with van der Waals surface area (Å²) in [6.07, 6.45) is 0. The number of nitrogens with one attached hydrogen (secondary N) is 1. The predicted octanol–water partition coefficient (Wildman–Crippen LogP) is 3.35. The van der Waals surface area contributed by atoms with Crippen molar-refractivity contribution in [3.05, 3.63) is 29.3 Å². The number of hydrogen-bond donors (Lipinski definition) is 1. The van der Waals surface area contributed by atoms with Crippen molar-refractivity contribution in [2.45, 2.75) is 26.8 Å². The Morgan fingerprint density at radius 2 is 1.94 bits per heavy atom. The quantitative estimate of drug-likeness (QED) is 0.772. The average molecular weight is 242 g/mol. The first-order chi connectivity index (χ1) is 7.61. The van der Waals surface area contributed by atoms with E-state index < -0.39 is 0 Å². The summed E-state index contributed by atoms with van der Waals surface area (Å²) in [5.74, 6) is 1.39. The van der Waals surface area contributed by atoms with E-state index in [-0.39, 0.29) is 0 Å². The van der Waals surface area contributed by atoms with Gasteiger partial charge in [0, 0.05) is 12.6 Å². The summed E-state index contributed by atoms with van der Waals surface area (Å²) in [5.41, 5.74) is 0. The Labute approximate surface area is 103 Å². The van der Waals surface area contributed by atoms with Gasteiger partial charge in [-0.3, -0.25) is 0 Å². The highest BCUT2D eigenvalue weighted by atomic mass is 35.5. The molecule has 0 aromatic heterocycles. The molecule has 1 rings (SSSR count). The first-order valence-corrected chi connectivity index (χ1v) is 6.09. The van der Waals surface area contributed by atoms with Crippen LogP contribution < -0.4 is 10.1 Å². The minimum Gasteiger partial charge on any atom is -0.491 e. The zero-order valence-electron chi connectivity index (χ0n) is 10.2. The minimum absolute atomic E-state index is 0.509. The van der Waals surface area contributed by atoms with Crippen LogP contribution >= 0.6 is 11.6 Å². The number of para-hydroxylation sites is 1. The van der Waals surface area contributed by atoms with Crippen LogP contribution in [0.4, 0.5) is 0 Å². The van der Waals surface area contributed by atoms with E-state index in [2.05, 4.69) is 26.1 Å². The lowest BCUT2D eigenvalue weighted by Crippen LogP contribution is -2.33. The maximum absolute atomic E-state index is 5.97. The molecule has 0 bridgehead atoms. The van der Waals surface area contributed by atoms with Gasteiger partial charge >= 0.3 is 0 Å². The zero-order chi connectivity index (χ0) is 12.0. The monoisotopic (exact) mass is 241 g/mol. The van der Waals surface area contributed by atoms with Gasteiger partial charge in [0.05, 0.1) is 5.02 Å². The Kier molecular flexibility index (Phi) is 5.64. The zero-order valence-corrected chi connectivity index (χ0v) is 10.9. The van der Waals surface area contributed by atoms with Crippen LogP contribution in [0.3, 0.4) is 0 Å². The smallest absolute Gasteiger partial charge is 0.137 e. The van der Waals surface area contributed by atoms with E-state index in [0.29, 0.717) is 23.6 Å². The van der Waals surface area contributed by atoms with Crippen LogP contribution in [0.1, 0.15) is 20.8 Å². The third kappa shape index (κ3) is 4.42. The van der Waals surface area contributed by atoms with Gasteiger partial charge in [0.15, 0.2) is 0 Å². The molecule has 0 fully saturated rings.